The molecule has 3 N–H and O–H groups in total. The molecule has 0 aliphatic rings. The van der Waals surface area contributed by atoms with E-state index in [9.17, 15) is 15.3 Å². The van der Waals surface area contributed by atoms with Crippen LogP contribution in [0, 0.1) is 0 Å². The Kier molecular flexibility index (Phi) is 13.2. The van der Waals surface area contributed by atoms with Crippen LogP contribution in [0.1, 0.15) is 113 Å². The molecule has 0 spiro atoms. The fourth-order valence-corrected chi connectivity index (χ4v) is 14.2. The Morgan fingerprint density at radius 1 is 0.426 bits per heavy atom. The summed E-state index contributed by atoms with van der Waals surface area (Å²) in [6, 6.07) is 31.2. The van der Waals surface area contributed by atoms with E-state index in [4.69, 9.17) is 4.52 Å². The molecule has 0 saturated carbocycles. The fraction of sp³-hybridized carbons (Fsp3) is 0.429. The van der Waals surface area contributed by atoms with Gasteiger partial charge >= 0.3 is 285 Å². The van der Waals surface area contributed by atoms with Gasteiger partial charge in [-0.1, -0.05) is 0 Å². The van der Waals surface area contributed by atoms with Gasteiger partial charge in [0.1, 0.15) is 0 Å². The second-order valence-electron chi connectivity index (χ2n) is 13.6. The third-order valence-electron chi connectivity index (χ3n) is 10.0. The second kappa shape index (κ2) is 17.1. The van der Waals surface area contributed by atoms with Crippen LogP contribution in [-0.2, 0) is 0 Å². The van der Waals surface area contributed by atoms with Gasteiger partial charge in [0.05, 0.1) is 0 Å². The molecule has 5 heteroatoms. The Labute approximate surface area is 283 Å². The molecule has 4 rings (SSSR count). The van der Waals surface area contributed by atoms with E-state index >= 15 is 0 Å². The van der Waals surface area contributed by atoms with Gasteiger partial charge in [0.15, 0.2) is 0 Å². The zero-order valence-electron chi connectivity index (χ0n) is 29.1. The zero-order chi connectivity index (χ0) is 33.7. The molecule has 4 aromatic rings. The molecule has 0 heterocycles. The summed E-state index contributed by atoms with van der Waals surface area (Å²) in [5, 5.41) is 30.5. The quantitative estimate of drug-likeness (QED) is 0.0879. The summed E-state index contributed by atoms with van der Waals surface area (Å²) < 4.78 is 7.55. The first-order valence-electron chi connectivity index (χ1n) is 17.9. The number of phenolic OH excluding ortho intramolecular Hbond substituents is 3. The Morgan fingerprint density at radius 3 is 0.936 bits per heavy atom. The SMILES string of the molecule is CCCCP(CCCC)(CCCC)(CCCC)Oc1ccc(C(c2ccc(O)cc2)C(c2ccc(O)cc2)c2ccc(O)cc2)cc1. The van der Waals surface area contributed by atoms with E-state index in [0.717, 1.165) is 28.0 Å². The van der Waals surface area contributed by atoms with Gasteiger partial charge in [-0.15, -0.1) is 0 Å². The van der Waals surface area contributed by atoms with Gasteiger partial charge in [-0.2, -0.15) is 0 Å². The third kappa shape index (κ3) is 9.32. The number of aromatic hydroxyl groups is 3. The molecule has 0 radical (unpaired) electrons. The van der Waals surface area contributed by atoms with Crippen molar-refractivity contribution >= 4 is 6.83 Å². The molecule has 1 atom stereocenters. The van der Waals surface area contributed by atoms with Crippen molar-refractivity contribution in [3.05, 3.63) is 119 Å². The van der Waals surface area contributed by atoms with E-state index in [1.54, 1.807) is 36.4 Å². The fourth-order valence-electron chi connectivity index (χ4n) is 7.32. The predicted molar refractivity (Wildman–Crippen MR) is 201 cm³/mol. The maximum absolute atomic E-state index is 10.2. The third-order valence-corrected chi connectivity index (χ3v) is 16.5. The summed E-state index contributed by atoms with van der Waals surface area (Å²) in [5.41, 5.74) is 4.31. The van der Waals surface area contributed by atoms with Gasteiger partial charge in [-0.25, -0.2) is 0 Å². The van der Waals surface area contributed by atoms with E-state index < -0.39 is 6.83 Å². The molecule has 0 aromatic heterocycles. The number of rotatable bonds is 19. The second-order valence-corrected chi connectivity index (χ2v) is 19.2. The molecule has 4 aromatic carbocycles. The maximum atomic E-state index is 10.2. The summed E-state index contributed by atoms with van der Waals surface area (Å²) in [7, 11) is 0. The minimum absolute atomic E-state index is 0.102. The van der Waals surface area contributed by atoms with Crippen molar-refractivity contribution in [2.24, 2.45) is 0 Å². The van der Waals surface area contributed by atoms with Crippen LogP contribution in [0.2, 0.25) is 0 Å². The Hall–Kier alpha value is -3.49. The first kappa shape index (κ1) is 36.3. The molecule has 0 bridgehead atoms. The van der Waals surface area contributed by atoms with E-state index in [0.29, 0.717) is 0 Å². The van der Waals surface area contributed by atoms with Crippen LogP contribution in [0.3, 0.4) is 0 Å². The summed E-state index contributed by atoms with van der Waals surface area (Å²) in [6.07, 6.45) is 14.5. The standard InChI is InChI=1S/C42H57O4P/c1-5-9-29-47(30-10-6-2,31-11-7-3,32-12-8-4)46-40-27-19-36(20-28-40)42(35-17-25-39(45)26-18-35)41(33-13-21-37(43)22-14-33)34-15-23-38(44)24-16-34/h13-28,41-45H,5-12,29-32H2,1-4H3. The predicted octanol–water partition coefficient (Wildman–Crippen LogP) is 11.8. The van der Waals surface area contributed by atoms with E-state index in [2.05, 4.69) is 52.0 Å². The summed E-state index contributed by atoms with van der Waals surface area (Å²) in [6.45, 7) is 6.72. The average Bonchev–Trinajstić information content (AvgIpc) is 3.09. The minimum atomic E-state index is -2.50. The van der Waals surface area contributed by atoms with Gasteiger partial charge in [0, 0.05) is 0 Å². The molecule has 47 heavy (non-hydrogen) atoms. The Balaban J connectivity index is 1.84. The molecule has 254 valence electrons. The molecule has 4 nitrogen and oxygen atoms in total. The van der Waals surface area contributed by atoms with Crippen molar-refractivity contribution in [3.63, 3.8) is 0 Å². The van der Waals surface area contributed by atoms with E-state index in [1.165, 1.54) is 76.0 Å². The van der Waals surface area contributed by atoms with Crippen LogP contribution in [0.15, 0.2) is 97.1 Å². The van der Waals surface area contributed by atoms with Crippen molar-refractivity contribution < 1.29 is 19.8 Å². The first-order valence-corrected chi connectivity index (χ1v) is 20.8. The molecule has 0 fully saturated rings. The topological polar surface area (TPSA) is 69.9 Å². The normalized spacial score (nSPS) is 13.3. The van der Waals surface area contributed by atoms with Crippen molar-refractivity contribution in [3.8, 4) is 23.0 Å². The number of phenols is 3. The molecular formula is C42H57O4P. The van der Waals surface area contributed by atoms with Crippen LogP contribution in [0.4, 0.5) is 0 Å². The Bertz CT molecular complexity index is 1390. The van der Waals surface area contributed by atoms with Crippen LogP contribution in [0.25, 0.3) is 0 Å². The van der Waals surface area contributed by atoms with Gasteiger partial charge in [-0.3, -0.25) is 0 Å². The van der Waals surface area contributed by atoms with Gasteiger partial charge in [-0.05, 0) is 0 Å². The summed E-state index contributed by atoms with van der Waals surface area (Å²) >= 11 is 0. The van der Waals surface area contributed by atoms with Crippen LogP contribution in [0.5, 0.6) is 23.0 Å². The molecule has 0 aliphatic heterocycles. The Morgan fingerprint density at radius 2 is 0.681 bits per heavy atom. The zero-order valence-corrected chi connectivity index (χ0v) is 30.0. The van der Waals surface area contributed by atoms with Crippen LogP contribution < -0.4 is 4.52 Å². The molecule has 1 unspecified atom stereocenters. The van der Waals surface area contributed by atoms with Crippen molar-refractivity contribution in [2.45, 2.75) is 90.9 Å². The first-order chi connectivity index (χ1) is 22.7. The number of hydrogen-bond acceptors (Lipinski definition) is 4. The average molecular weight is 657 g/mol. The summed E-state index contributed by atoms with van der Waals surface area (Å²) in [5.74, 6) is 1.44. The van der Waals surface area contributed by atoms with Crippen molar-refractivity contribution in [2.75, 3.05) is 24.6 Å². The monoisotopic (exact) mass is 656 g/mol. The molecular weight excluding hydrogens is 599 g/mol. The van der Waals surface area contributed by atoms with E-state index in [-0.39, 0.29) is 29.1 Å². The van der Waals surface area contributed by atoms with Gasteiger partial charge < -0.3 is 0 Å². The molecule has 0 saturated heterocycles. The molecule has 0 aliphatic carbocycles. The van der Waals surface area contributed by atoms with Crippen molar-refractivity contribution in [1.29, 1.82) is 0 Å². The number of hydrogen-bond donors (Lipinski definition) is 3. The van der Waals surface area contributed by atoms with Gasteiger partial charge in [0.2, 0.25) is 0 Å². The van der Waals surface area contributed by atoms with Crippen LogP contribution >= 0.6 is 6.83 Å². The van der Waals surface area contributed by atoms with Gasteiger partial charge in [0.25, 0.3) is 0 Å². The number of benzene rings is 4. The van der Waals surface area contributed by atoms with Crippen molar-refractivity contribution in [1.82, 2.24) is 0 Å². The summed E-state index contributed by atoms with van der Waals surface area (Å²) in [4.78, 5) is 0. The molecule has 0 amide bonds. The van der Waals surface area contributed by atoms with E-state index in [1.807, 2.05) is 36.4 Å². The van der Waals surface area contributed by atoms with Crippen LogP contribution in [-0.4, -0.2) is 40.0 Å². The number of unbranched alkanes of at least 4 members (excludes halogenated alkanes) is 4.